The molecule has 2 amide bonds. The number of amides is 2. The lowest BCUT2D eigenvalue weighted by Crippen LogP contribution is -2.58. The predicted octanol–water partition coefficient (Wildman–Crippen LogP) is -2.15. The Kier molecular flexibility index (Phi) is 11.0. The molecule has 27 heavy (non-hydrogen) atoms. The van der Waals surface area contributed by atoms with Crippen LogP contribution in [-0.2, 0) is 14.4 Å². The van der Waals surface area contributed by atoms with Gasteiger partial charge in [-0.3, -0.25) is 14.6 Å². The number of hydrogen-bond donors (Lipinski definition) is 7. The summed E-state index contributed by atoms with van der Waals surface area (Å²) in [5.74, 6) is -2.90. The van der Waals surface area contributed by atoms with Gasteiger partial charge in [0.05, 0.1) is 6.10 Å². The molecule has 0 aromatic heterocycles. The Bertz CT molecular complexity index is 535. The second kappa shape index (κ2) is 12.1. The van der Waals surface area contributed by atoms with Crippen molar-refractivity contribution in [3.8, 4) is 0 Å². The Balaban J connectivity index is 5.04. The van der Waals surface area contributed by atoms with Crippen molar-refractivity contribution in [2.45, 2.75) is 64.3 Å². The Morgan fingerprint density at radius 2 is 1.70 bits per heavy atom. The molecule has 0 fully saturated rings. The van der Waals surface area contributed by atoms with E-state index in [0.717, 1.165) is 0 Å². The van der Waals surface area contributed by atoms with Crippen LogP contribution in [0.15, 0.2) is 4.99 Å². The number of aliphatic carboxylic acids is 1. The highest BCUT2D eigenvalue weighted by Gasteiger charge is 2.31. The summed E-state index contributed by atoms with van der Waals surface area (Å²) in [5, 5.41) is 23.7. The summed E-state index contributed by atoms with van der Waals surface area (Å²) in [5.41, 5.74) is 16.0. The first-order chi connectivity index (χ1) is 12.5. The van der Waals surface area contributed by atoms with Crippen LogP contribution in [0.2, 0.25) is 0 Å². The second-order valence-corrected chi connectivity index (χ2v) is 6.49. The van der Waals surface area contributed by atoms with Crippen molar-refractivity contribution < 1.29 is 24.6 Å². The van der Waals surface area contributed by atoms with Crippen LogP contribution in [0.3, 0.4) is 0 Å². The maximum atomic E-state index is 12.6. The number of nitrogens with zero attached hydrogens (tertiary/aromatic N) is 1. The minimum absolute atomic E-state index is 0.0973. The van der Waals surface area contributed by atoms with E-state index in [1.54, 1.807) is 6.92 Å². The molecule has 156 valence electrons. The number of carboxylic acid groups (broad SMARTS) is 1. The number of aliphatic hydroxyl groups is 1. The predicted molar refractivity (Wildman–Crippen MR) is 101 cm³/mol. The molecule has 10 N–H and O–H groups in total. The highest BCUT2D eigenvalue weighted by Crippen LogP contribution is 2.10. The Labute approximate surface area is 158 Å². The quantitative estimate of drug-likeness (QED) is 0.111. The molecular weight excluding hydrogens is 356 g/mol. The van der Waals surface area contributed by atoms with Gasteiger partial charge in [-0.1, -0.05) is 20.3 Å². The van der Waals surface area contributed by atoms with Gasteiger partial charge in [-0.05, 0) is 25.7 Å². The summed E-state index contributed by atoms with van der Waals surface area (Å²) in [7, 11) is 0. The van der Waals surface area contributed by atoms with Crippen LogP contribution in [0.4, 0.5) is 0 Å². The third-order valence-corrected chi connectivity index (χ3v) is 4.18. The van der Waals surface area contributed by atoms with Gasteiger partial charge in [0.25, 0.3) is 0 Å². The standard InChI is InChI=1S/C16H32N6O5/c1-4-8(2)12(22-13(24)11(17)9(3)23)14(25)21-10(15(26)27)6-5-7-20-16(18)19/h8-12,23H,4-7,17H2,1-3H3,(H,21,25)(H,22,24)(H,26,27)(H4,18,19,20)/t8-,9+,10-,11-,12-/m0/s1. The van der Waals surface area contributed by atoms with Gasteiger partial charge < -0.3 is 38.0 Å². The number of rotatable bonds is 12. The van der Waals surface area contributed by atoms with E-state index < -0.39 is 42.0 Å². The largest absolute Gasteiger partial charge is 0.480 e. The van der Waals surface area contributed by atoms with Gasteiger partial charge in [0.1, 0.15) is 18.1 Å². The van der Waals surface area contributed by atoms with E-state index in [9.17, 15) is 24.6 Å². The number of guanidine groups is 1. The Morgan fingerprint density at radius 3 is 2.15 bits per heavy atom. The molecule has 0 aromatic carbocycles. The normalized spacial score (nSPS) is 16.3. The molecule has 11 heteroatoms. The zero-order valence-corrected chi connectivity index (χ0v) is 16.0. The number of nitrogens with one attached hydrogen (secondary N) is 2. The average Bonchev–Trinajstić information content (AvgIpc) is 2.59. The summed E-state index contributed by atoms with van der Waals surface area (Å²) in [6.07, 6.45) is -0.0629. The number of nitrogens with two attached hydrogens (primary N) is 3. The van der Waals surface area contributed by atoms with Gasteiger partial charge in [-0.2, -0.15) is 0 Å². The average molecular weight is 388 g/mol. The summed E-state index contributed by atoms with van der Waals surface area (Å²) in [4.78, 5) is 39.8. The van der Waals surface area contributed by atoms with Gasteiger partial charge in [-0.15, -0.1) is 0 Å². The molecule has 0 radical (unpaired) electrons. The molecule has 0 saturated carbocycles. The van der Waals surface area contributed by atoms with Crippen LogP contribution >= 0.6 is 0 Å². The lowest BCUT2D eigenvalue weighted by Gasteiger charge is -2.27. The van der Waals surface area contributed by atoms with E-state index >= 15 is 0 Å². The van der Waals surface area contributed by atoms with Crippen LogP contribution in [0.25, 0.3) is 0 Å². The molecule has 0 aliphatic rings. The first-order valence-electron chi connectivity index (χ1n) is 8.83. The van der Waals surface area contributed by atoms with Crippen molar-refractivity contribution in [2.75, 3.05) is 6.54 Å². The van der Waals surface area contributed by atoms with Crippen LogP contribution in [0.5, 0.6) is 0 Å². The molecule has 0 saturated heterocycles. The minimum Gasteiger partial charge on any atom is -0.480 e. The Hall–Kier alpha value is -2.40. The molecule has 0 aliphatic carbocycles. The van der Waals surface area contributed by atoms with Gasteiger partial charge in [0, 0.05) is 6.54 Å². The fourth-order valence-corrected chi connectivity index (χ4v) is 2.19. The molecule has 0 aliphatic heterocycles. The van der Waals surface area contributed by atoms with Crippen molar-refractivity contribution in [2.24, 2.45) is 28.1 Å². The lowest BCUT2D eigenvalue weighted by atomic mass is 9.97. The number of aliphatic hydroxyl groups excluding tert-OH is 1. The number of carboxylic acids is 1. The van der Waals surface area contributed by atoms with Crippen molar-refractivity contribution in [1.29, 1.82) is 0 Å². The van der Waals surface area contributed by atoms with Gasteiger partial charge in [0.15, 0.2) is 5.96 Å². The number of hydrogen-bond acceptors (Lipinski definition) is 6. The van der Waals surface area contributed by atoms with Crippen LogP contribution in [-0.4, -0.2) is 64.7 Å². The first kappa shape index (κ1) is 24.6. The third-order valence-electron chi connectivity index (χ3n) is 4.18. The SMILES string of the molecule is CC[C@H](C)[C@H](NC(=O)[C@@H](N)[C@@H](C)O)C(=O)N[C@@H](CCCN=C(N)N)C(=O)O. The van der Waals surface area contributed by atoms with Crippen LogP contribution < -0.4 is 27.8 Å². The number of aliphatic imine (C=N–C) groups is 1. The zero-order chi connectivity index (χ0) is 21.1. The fraction of sp³-hybridized carbons (Fsp3) is 0.750. The summed E-state index contributed by atoms with van der Waals surface area (Å²) < 4.78 is 0. The summed E-state index contributed by atoms with van der Waals surface area (Å²) >= 11 is 0. The molecule has 0 rings (SSSR count). The van der Waals surface area contributed by atoms with E-state index in [4.69, 9.17) is 17.2 Å². The summed E-state index contributed by atoms with van der Waals surface area (Å²) in [6.45, 7) is 5.17. The maximum absolute atomic E-state index is 12.6. The van der Waals surface area contributed by atoms with Gasteiger partial charge in [-0.25, -0.2) is 4.79 Å². The Morgan fingerprint density at radius 1 is 1.11 bits per heavy atom. The monoisotopic (exact) mass is 388 g/mol. The smallest absolute Gasteiger partial charge is 0.326 e. The van der Waals surface area contributed by atoms with Crippen molar-refractivity contribution >= 4 is 23.7 Å². The van der Waals surface area contributed by atoms with E-state index in [0.29, 0.717) is 12.8 Å². The second-order valence-electron chi connectivity index (χ2n) is 6.49. The molecule has 0 aromatic rings. The van der Waals surface area contributed by atoms with E-state index in [2.05, 4.69) is 15.6 Å². The molecule has 11 nitrogen and oxygen atoms in total. The fourth-order valence-electron chi connectivity index (χ4n) is 2.19. The molecule has 0 unspecified atom stereocenters. The number of carbonyl (C=O) groups excluding carboxylic acids is 2. The molecular formula is C16H32N6O5. The number of carbonyl (C=O) groups is 3. The van der Waals surface area contributed by atoms with Crippen molar-refractivity contribution in [1.82, 2.24) is 10.6 Å². The molecule has 5 atom stereocenters. The van der Waals surface area contributed by atoms with Crippen molar-refractivity contribution in [3.05, 3.63) is 0 Å². The van der Waals surface area contributed by atoms with Gasteiger partial charge in [0.2, 0.25) is 11.8 Å². The van der Waals surface area contributed by atoms with Crippen LogP contribution in [0, 0.1) is 5.92 Å². The minimum atomic E-state index is -1.21. The highest BCUT2D eigenvalue weighted by molar-refractivity contribution is 5.92. The molecule has 0 bridgehead atoms. The van der Waals surface area contributed by atoms with Gasteiger partial charge >= 0.3 is 5.97 Å². The van der Waals surface area contributed by atoms with E-state index in [-0.39, 0.29) is 24.8 Å². The molecule has 0 spiro atoms. The molecule has 0 heterocycles. The maximum Gasteiger partial charge on any atom is 0.326 e. The van der Waals surface area contributed by atoms with Crippen molar-refractivity contribution in [3.63, 3.8) is 0 Å². The van der Waals surface area contributed by atoms with E-state index in [1.165, 1.54) is 6.92 Å². The zero-order valence-electron chi connectivity index (χ0n) is 16.0. The highest BCUT2D eigenvalue weighted by atomic mass is 16.4. The van der Waals surface area contributed by atoms with Crippen LogP contribution in [0.1, 0.15) is 40.0 Å². The first-order valence-corrected chi connectivity index (χ1v) is 8.83. The topological polar surface area (TPSA) is 206 Å². The van der Waals surface area contributed by atoms with E-state index in [1.807, 2.05) is 6.92 Å². The summed E-state index contributed by atoms with van der Waals surface area (Å²) in [6, 6.07) is -3.33. The lowest BCUT2D eigenvalue weighted by molar-refractivity contribution is -0.142. The third kappa shape index (κ3) is 9.20.